The molecule has 2 unspecified atom stereocenters. The highest BCUT2D eigenvalue weighted by Gasteiger charge is 2.28. The first-order valence-corrected chi connectivity index (χ1v) is 8.94. The van der Waals surface area contributed by atoms with E-state index in [1.807, 2.05) is 19.1 Å². The number of aliphatic imine (C=N–C) groups is 1. The van der Waals surface area contributed by atoms with Crippen LogP contribution in [0, 0.1) is 17.1 Å². The number of hydrogen-bond acceptors (Lipinski definition) is 3. The first-order chi connectivity index (χ1) is 13.1. The van der Waals surface area contributed by atoms with E-state index in [1.165, 1.54) is 12.1 Å². The topological polar surface area (TPSA) is 60.7 Å². The summed E-state index contributed by atoms with van der Waals surface area (Å²) in [5.74, 6) is 0.543. The Kier molecular flexibility index (Phi) is 8.20. The van der Waals surface area contributed by atoms with E-state index in [0.717, 1.165) is 23.6 Å². The highest BCUT2D eigenvalue weighted by Crippen LogP contribution is 2.25. The molecule has 2 aromatic carbocycles. The number of ether oxygens (including phenoxy) is 1. The van der Waals surface area contributed by atoms with Crippen LogP contribution in [-0.2, 0) is 11.3 Å². The summed E-state index contributed by atoms with van der Waals surface area (Å²) in [5, 5.41) is 12.3. The van der Waals surface area contributed by atoms with Crippen molar-refractivity contribution in [3.63, 3.8) is 0 Å². The van der Waals surface area contributed by atoms with Gasteiger partial charge in [-0.1, -0.05) is 24.3 Å². The minimum atomic E-state index is -0.251. The van der Waals surface area contributed by atoms with E-state index in [2.05, 4.69) is 21.3 Å². The van der Waals surface area contributed by atoms with Crippen LogP contribution in [0.15, 0.2) is 53.5 Å². The van der Waals surface area contributed by atoms with Gasteiger partial charge in [-0.25, -0.2) is 4.39 Å². The second-order valence-corrected chi connectivity index (χ2v) is 6.60. The maximum atomic E-state index is 13.2. The molecule has 0 bridgehead atoms. The van der Waals surface area contributed by atoms with Gasteiger partial charge < -0.3 is 15.0 Å². The van der Waals surface area contributed by atoms with Crippen LogP contribution in [-0.4, -0.2) is 37.1 Å². The summed E-state index contributed by atoms with van der Waals surface area (Å²) in [6.07, 6.45) is -0.106. The number of halogens is 2. The minimum Gasteiger partial charge on any atom is -0.367 e. The van der Waals surface area contributed by atoms with Crippen LogP contribution in [0.2, 0.25) is 0 Å². The van der Waals surface area contributed by atoms with Crippen molar-refractivity contribution >= 4 is 29.9 Å². The average molecular weight is 494 g/mol. The quantitative estimate of drug-likeness (QED) is 0.400. The molecule has 2 aromatic rings. The van der Waals surface area contributed by atoms with E-state index in [4.69, 9.17) is 10.00 Å². The third-order valence-electron chi connectivity index (χ3n) is 4.55. The molecule has 1 aliphatic heterocycles. The molecule has 0 aromatic heterocycles. The Morgan fingerprint density at radius 3 is 2.50 bits per heavy atom. The van der Waals surface area contributed by atoms with E-state index >= 15 is 0 Å². The maximum Gasteiger partial charge on any atom is 0.194 e. The van der Waals surface area contributed by atoms with Crippen molar-refractivity contribution in [1.29, 1.82) is 5.26 Å². The van der Waals surface area contributed by atoms with E-state index in [9.17, 15) is 4.39 Å². The second kappa shape index (κ2) is 10.4. The number of morpholine rings is 1. The molecule has 0 radical (unpaired) electrons. The summed E-state index contributed by atoms with van der Waals surface area (Å²) in [7, 11) is 1.76. The molecule has 148 valence electrons. The standard InChI is InChI=1S/C21H23FN4O.HI/c1-15-13-26(14-20(27-15)18-7-9-19(22)10-8-18)21(24-2)25-12-17-5-3-16(11-23)4-6-17;/h3-10,15,20H,12-14H2,1-2H3,(H,24,25);1H. The van der Waals surface area contributed by atoms with Gasteiger partial charge in [0.25, 0.3) is 0 Å². The second-order valence-electron chi connectivity index (χ2n) is 6.60. The van der Waals surface area contributed by atoms with Gasteiger partial charge in [-0.2, -0.15) is 5.26 Å². The van der Waals surface area contributed by atoms with Crippen LogP contribution < -0.4 is 5.32 Å². The summed E-state index contributed by atoms with van der Waals surface area (Å²) < 4.78 is 19.2. The van der Waals surface area contributed by atoms with Crippen LogP contribution in [0.1, 0.15) is 29.7 Å². The van der Waals surface area contributed by atoms with Crippen molar-refractivity contribution in [3.8, 4) is 6.07 Å². The van der Waals surface area contributed by atoms with Crippen molar-refractivity contribution in [2.24, 2.45) is 4.99 Å². The summed E-state index contributed by atoms with van der Waals surface area (Å²) >= 11 is 0. The van der Waals surface area contributed by atoms with E-state index in [0.29, 0.717) is 18.7 Å². The monoisotopic (exact) mass is 494 g/mol. The Labute approximate surface area is 182 Å². The number of rotatable bonds is 3. The van der Waals surface area contributed by atoms with Gasteiger partial charge in [-0.15, -0.1) is 24.0 Å². The van der Waals surface area contributed by atoms with Gasteiger partial charge in [-0.3, -0.25) is 4.99 Å². The molecular formula is C21H24FIN4O. The van der Waals surface area contributed by atoms with Crippen molar-refractivity contribution in [1.82, 2.24) is 10.2 Å². The first kappa shape index (κ1) is 22.1. The van der Waals surface area contributed by atoms with Crippen molar-refractivity contribution in [3.05, 3.63) is 71.0 Å². The van der Waals surface area contributed by atoms with Crippen LogP contribution in [0.25, 0.3) is 0 Å². The highest BCUT2D eigenvalue weighted by atomic mass is 127. The molecule has 1 aliphatic rings. The fourth-order valence-corrected chi connectivity index (χ4v) is 3.20. The van der Waals surface area contributed by atoms with Gasteiger partial charge >= 0.3 is 0 Å². The molecule has 28 heavy (non-hydrogen) atoms. The van der Waals surface area contributed by atoms with E-state index in [1.54, 1.807) is 31.3 Å². The van der Waals surface area contributed by atoms with Gasteiger partial charge in [0.05, 0.1) is 24.3 Å². The Balaban J connectivity index is 0.00000280. The zero-order valence-corrected chi connectivity index (χ0v) is 18.3. The number of nitrogens with zero attached hydrogens (tertiary/aromatic N) is 3. The van der Waals surface area contributed by atoms with Gasteiger partial charge in [0, 0.05) is 20.1 Å². The molecule has 0 saturated carbocycles. The predicted molar refractivity (Wildman–Crippen MR) is 118 cm³/mol. The van der Waals surface area contributed by atoms with Gasteiger partial charge in [-0.05, 0) is 42.3 Å². The lowest BCUT2D eigenvalue weighted by Crippen LogP contribution is -2.50. The van der Waals surface area contributed by atoms with Crippen LogP contribution in [0.5, 0.6) is 0 Å². The van der Waals surface area contributed by atoms with Crippen LogP contribution >= 0.6 is 24.0 Å². The summed E-state index contributed by atoms with van der Waals surface area (Å²) in [6.45, 7) is 4.01. The lowest BCUT2D eigenvalue weighted by molar-refractivity contribution is -0.0605. The number of benzene rings is 2. The molecule has 0 spiro atoms. The highest BCUT2D eigenvalue weighted by molar-refractivity contribution is 14.0. The molecule has 5 nitrogen and oxygen atoms in total. The molecule has 0 aliphatic carbocycles. The van der Waals surface area contributed by atoms with Crippen molar-refractivity contribution < 1.29 is 9.13 Å². The van der Waals surface area contributed by atoms with E-state index < -0.39 is 0 Å². The Hall–Kier alpha value is -2.18. The minimum absolute atomic E-state index is 0. The molecule has 1 N–H and O–H groups in total. The van der Waals surface area contributed by atoms with Crippen molar-refractivity contribution in [2.45, 2.75) is 25.7 Å². The molecule has 1 saturated heterocycles. The van der Waals surface area contributed by atoms with Crippen LogP contribution in [0.4, 0.5) is 4.39 Å². The van der Waals surface area contributed by atoms with E-state index in [-0.39, 0.29) is 42.0 Å². The molecule has 3 rings (SSSR count). The third kappa shape index (κ3) is 5.66. The number of hydrogen-bond donors (Lipinski definition) is 1. The lowest BCUT2D eigenvalue weighted by Gasteiger charge is -2.38. The smallest absolute Gasteiger partial charge is 0.194 e. The average Bonchev–Trinajstić information content (AvgIpc) is 2.69. The molecule has 1 heterocycles. The summed E-state index contributed by atoms with van der Waals surface area (Å²) in [6, 6.07) is 16.1. The largest absolute Gasteiger partial charge is 0.367 e. The zero-order valence-electron chi connectivity index (χ0n) is 15.9. The van der Waals surface area contributed by atoms with Gasteiger partial charge in [0.1, 0.15) is 11.9 Å². The Morgan fingerprint density at radius 1 is 1.21 bits per heavy atom. The molecular weight excluding hydrogens is 470 g/mol. The lowest BCUT2D eigenvalue weighted by atomic mass is 10.1. The van der Waals surface area contributed by atoms with Crippen molar-refractivity contribution in [2.75, 3.05) is 20.1 Å². The molecule has 0 amide bonds. The number of guanidine groups is 1. The Morgan fingerprint density at radius 2 is 1.89 bits per heavy atom. The van der Waals surface area contributed by atoms with Gasteiger partial charge in [0.2, 0.25) is 0 Å². The summed E-state index contributed by atoms with van der Waals surface area (Å²) in [4.78, 5) is 6.56. The summed E-state index contributed by atoms with van der Waals surface area (Å²) in [5.41, 5.74) is 2.68. The molecule has 1 fully saturated rings. The Bertz CT molecular complexity index is 833. The van der Waals surface area contributed by atoms with Crippen LogP contribution in [0.3, 0.4) is 0 Å². The SMILES string of the molecule is CN=C(NCc1ccc(C#N)cc1)N1CC(C)OC(c2ccc(F)cc2)C1.I. The maximum absolute atomic E-state index is 13.2. The fraction of sp³-hybridized carbons (Fsp3) is 0.333. The number of nitrogens with one attached hydrogen (secondary N) is 1. The predicted octanol–water partition coefficient (Wildman–Crippen LogP) is 3.85. The third-order valence-corrected chi connectivity index (χ3v) is 4.55. The fourth-order valence-electron chi connectivity index (χ4n) is 3.20. The molecule has 7 heteroatoms. The van der Waals surface area contributed by atoms with Gasteiger partial charge in [0.15, 0.2) is 5.96 Å². The number of nitriles is 1. The zero-order chi connectivity index (χ0) is 19.2. The first-order valence-electron chi connectivity index (χ1n) is 8.94. The molecule has 2 atom stereocenters. The normalized spacial score (nSPS) is 19.5.